The molecule has 1 amide bonds. The van der Waals surface area contributed by atoms with Gasteiger partial charge in [-0.2, -0.15) is 5.10 Å². The molecule has 0 saturated heterocycles. The second-order valence-electron chi connectivity index (χ2n) is 3.35. The highest BCUT2D eigenvalue weighted by Crippen LogP contribution is 2.04. The molecule has 1 N–H and O–H groups in total. The number of hydrogen-bond acceptors (Lipinski definition) is 4. The second kappa shape index (κ2) is 5.91. The Labute approximate surface area is 103 Å². The SMILES string of the molecule is O=C(Cc1cccnc1)N/N=C/c1cccs1. The minimum Gasteiger partial charge on any atom is -0.273 e. The van der Waals surface area contributed by atoms with Crippen molar-refractivity contribution in [1.29, 1.82) is 0 Å². The maximum Gasteiger partial charge on any atom is 0.244 e. The fourth-order valence-corrected chi connectivity index (χ4v) is 1.85. The Morgan fingerprint density at radius 1 is 1.47 bits per heavy atom. The van der Waals surface area contributed by atoms with Crippen LogP contribution in [0.2, 0.25) is 0 Å². The number of amides is 1. The number of hydrazone groups is 1. The summed E-state index contributed by atoms with van der Waals surface area (Å²) in [6, 6.07) is 7.53. The van der Waals surface area contributed by atoms with Crippen LogP contribution >= 0.6 is 11.3 Å². The first-order valence-corrected chi connectivity index (χ1v) is 5.97. The van der Waals surface area contributed by atoms with Crippen LogP contribution in [0, 0.1) is 0 Å². The van der Waals surface area contributed by atoms with Crippen LogP contribution in [-0.4, -0.2) is 17.1 Å². The molecule has 2 aromatic heterocycles. The van der Waals surface area contributed by atoms with Crippen LogP contribution in [0.15, 0.2) is 47.1 Å². The normalized spacial score (nSPS) is 10.6. The molecule has 0 radical (unpaired) electrons. The predicted octanol–water partition coefficient (Wildman–Crippen LogP) is 1.84. The van der Waals surface area contributed by atoms with Gasteiger partial charge in [-0.3, -0.25) is 9.78 Å². The fraction of sp³-hybridized carbons (Fsp3) is 0.0833. The van der Waals surface area contributed by atoms with Crippen LogP contribution in [0.1, 0.15) is 10.4 Å². The van der Waals surface area contributed by atoms with Gasteiger partial charge in [-0.05, 0) is 23.1 Å². The van der Waals surface area contributed by atoms with E-state index in [4.69, 9.17) is 0 Å². The van der Waals surface area contributed by atoms with Crippen molar-refractivity contribution in [3.05, 3.63) is 52.5 Å². The Morgan fingerprint density at radius 3 is 3.12 bits per heavy atom. The van der Waals surface area contributed by atoms with Gasteiger partial charge in [0.05, 0.1) is 12.6 Å². The number of pyridine rings is 1. The molecular weight excluding hydrogens is 234 g/mol. The lowest BCUT2D eigenvalue weighted by molar-refractivity contribution is -0.120. The molecule has 17 heavy (non-hydrogen) atoms. The summed E-state index contributed by atoms with van der Waals surface area (Å²) in [5.41, 5.74) is 3.35. The molecule has 0 aliphatic heterocycles. The highest BCUT2D eigenvalue weighted by atomic mass is 32.1. The van der Waals surface area contributed by atoms with Gasteiger partial charge in [-0.1, -0.05) is 12.1 Å². The zero-order chi connectivity index (χ0) is 11.9. The number of nitrogens with one attached hydrogen (secondary N) is 1. The molecule has 2 aromatic rings. The van der Waals surface area contributed by atoms with Crippen molar-refractivity contribution in [2.75, 3.05) is 0 Å². The monoisotopic (exact) mass is 245 g/mol. The number of carbonyl (C=O) groups is 1. The van der Waals surface area contributed by atoms with E-state index in [1.807, 2.05) is 23.6 Å². The standard InChI is InChI=1S/C12H11N3OS/c16-12(7-10-3-1-5-13-8-10)15-14-9-11-4-2-6-17-11/h1-6,8-9H,7H2,(H,15,16)/b14-9+. The molecule has 2 rings (SSSR count). The molecule has 4 nitrogen and oxygen atoms in total. The highest BCUT2D eigenvalue weighted by molar-refractivity contribution is 7.11. The summed E-state index contributed by atoms with van der Waals surface area (Å²) in [5.74, 6) is -0.147. The van der Waals surface area contributed by atoms with E-state index in [9.17, 15) is 4.79 Å². The molecule has 0 unspecified atom stereocenters. The van der Waals surface area contributed by atoms with Gasteiger partial charge in [0.25, 0.3) is 0 Å². The summed E-state index contributed by atoms with van der Waals surface area (Å²) in [5, 5.41) is 5.83. The number of rotatable bonds is 4. The van der Waals surface area contributed by atoms with Gasteiger partial charge < -0.3 is 0 Å². The summed E-state index contributed by atoms with van der Waals surface area (Å²) in [7, 11) is 0. The molecule has 0 spiro atoms. The summed E-state index contributed by atoms with van der Waals surface area (Å²) >= 11 is 1.57. The van der Waals surface area contributed by atoms with Crippen molar-refractivity contribution in [3.8, 4) is 0 Å². The van der Waals surface area contributed by atoms with Gasteiger partial charge in [-0.15, -0.1) is 11.3 Å². The molecule has 0 atom stereocenters. The van der Waals surface area contributed by atoms with Crippen LogP contribution in [0.4, 0.5) is 0 Å². The third-order valence-electron chi connectivity index (χ3n) is 2.01. The Bertz CT molecular complexity index is 494. The fourth-order valence-electron chi connectivity index (χ4n) is 1.26. The molecule has 0 fully saturated rings. The Balaban J connectivity index is 1.82. The average molecular weight is 245 g/mol. The molecule has 0 aliphatic rings. The van der Waals surface area contributed by atoms with Crippen LogP contribution in [-0.2, 0) is 11.2 Å². The molecule has 5 heteroatoms. The van der Waals surface area contributed by atoms with E-state index in [-0.39, 0.29) is 12.3 Å². The summed E-state index contributed by atoms with van der Waals surface area (Å²) < 4.78 is 0. The Morgan fingerprint density at radius 2 is 2.41 bits per heavy atom. The number of hydrogen-bond donors (Lipinski definition) is 1. The zero-order valence-electron chi connectivity index (χ0n) is 9.04. The Kier molecular flexibility index (Phi) is 3.99. The quantitative estimate of drug-likeness (QED) is 0.660. The van der Waals surface area contributed by atoms with Gasteiger partial charge in [0.15, 0.2) is 0 Å². The van der Waals surface area contributed by atoms with Crippen molar-refractivity contribution < 1.29 is 4.79 Å². The van der Waals surface area contributed by atoms with Crippen molar-refractivity contribution >= 4 is 23.5 Å². The summed E-state index contributed by atoms with van der Waals surface area (Å²) in [6.07, 6.45) is 5.26. The lowest BCUT2D eigenvalue weighted by atomic mass is 10.2. The first kappa shape index (κ1) is 11.5. The summed E-state index contributed by atoms with van der Waals surface area (Å²) in [6.45, 7) is 0. The van der Waals surface area contributed by atoms with Gasteiger partial charge in [0, 0.05) is 17.3 Å². The molecule has 2 heterocycles. The van der Waals surface area contributed by atoms with Gasteiger partial charge >= 0.3 is 0 Å². The van der Waals surface area contributed by atoms with E-state index < -0.39 is 0 Å². The van der Waals surface area contributed by atoms with Crippen LogP contribution in [0.3, 0.4) is 0 Å². The number of aromatic nitrogens is 1. The van der Waals surface area contributed by atoms with E-state index >= 15 is 0 Å². The van der Waals surface area contributed by atoms with Crippen LogP contribution < -0.4 is 5.43 Å². The van der Waals surface area contributed by atoms with Crippen molar-refractivity contribution in [2.45, 2.75) is 6.42 Å². The zero-order valence-corrected chi connectivity index (χ0v) is 9.85. The van der Waals surface area contributed by atoms with Gasteiger partial charge in [-0.25, -0.2) is 5.43 Å². The second-order valence-corrected chi connectivity index (χ2v) is 4.33. The number of nitrogens with zero attached hydrogens (tertiary/aromatic N) is 2. The topological polar surface area (TPSA) is 54.4 Å². The molecule has 0 aromatic carbocycles. The van der Waals surface area contributed by atoms with Crippen LogP contribution in [0.5, 0.6) is 0 Å². The van der Waals surface area contributed by atoms with Crippen LogP contribution in [0.25, 0.3) is 0 Å². The van der Waals surface area contributed by atoms with E-state index in [0.717, 1.165) is 10.4 Å². The Hall–Kier alpha value is -2.01. The van der Waals surface area contributed by atoms with Gasteiger partial charge in [0.2, 0.25) is 5.91 Å². The largest absolute Gasteiger partial charge is 0.273 e. The third kappa shape index (κ3) is 3.81. The third-order valence-corrected chi connectivity index (χ3v) is 2.82. The first-order valence-electron chi connectivity index (χ1n) is 5.09. The molecule has 0 bridgehead atoms. The molecule has 0 saturated carbocycles. The molecule has 86 valence electrons. The van der Waals surface area contributed by atoms with Crippen molar-refractivity contribution in [1.82, 2.24) is 10.4 Å². The maximum absolute atomic E-state index is 11.5. The average Bonchev–Trinajstić information content (AvgIpc) is 2.83. The minimum atomic E-state index is -0.147. The molecular formula is C12H11N3OS. The first-order chi connectivity index (χ1) is 8.34. The number of thiophene rings is 1. The minimum absolute atomic E-state index is 0.147. The van der Waals surface area contributed by atoms with Gasteiger partial charge in [0.1, 0.15) is 0 Å². The maximum atomic E-state index is 11.5. The highest BCUT2D eigenvalue weighted by Gasteiger charge is 2.00. The number of carbonyl (C=O) groups excluding carboxylic acids is 1. The lowest BCUT2D eigenvalue weighted by Crippen LogP contribution is -2.19. The lowest BCUT2D eigenvalue weighted by Gasteiger charge is -1.98. The van der Waals surface area contributed by atoms with E-state index in [2.05, 4.69) is 15.5 Å². The van der Waals surface area contributed by atoms with Crippen molar-refractivity contribution in [2.24, 2.45) is 5.10 Å². The van der Waals surface area contributed by atoms with Crippen molar-refractivity contribution in [3.63, 3.8) is 0 Å². The van der Waals surface area contributed by atoms with E-state index in [1.165, 1.54) is 0 Å². The smallest absolute Gasteiger partial charge is 0.244 e. The predicted molar refractivity (Wildman–Crippen MR) is 68.0 cm³/mol. The van der Waals surface area contributed by atoms with E-state index in [0.29, 0.717) is 0 Å². The molecule has 0 aliphatic carbocycles. The van der Waals surface area contributed by atoms with E-state index in [1.54, 1.807) is 36.0 Å². The summed E-state index contributed by atoms with van der Waals surface area (Å²) in [4.78, 5) is 16.4.